The zero-order valence-corrected chi connectivity index (χ0v) is 27.6. The number of hydrogen-bond acceptors (Lipinski definition) is 10. The Bertz CT molecular complexity index is 1620. The lowest BCUT2D eigenvalue weighted by molar-refractivity contribution is -0.171. The first kappa shape index (κ1) is 30.0. The largest absolute Gasteiger partial charge is 0.455 e. The van der Waals surface area contributed by atoms with Gasteiger partial charge < -0.3 is 19.3 Å². The van der Waals surface area contributed by atoms with Gasteiger partial charge in [-0.2, -0.15) is 0 Å². The van der Waals surface area contributed by atoms with Crippen molar-refractivity contribution >= 4 is 65.0 Å². The molecular formula is C34H28N2O6S4. The van der Waals surface area contributed by atoms with Crippen molar-refractivity contribution in [3.05, 3.63) is 119 Å². The van der Waals surface area contributed by atoms with Crippen molar-refractivity contribution in [2.24, 2.45) is 0 Å². The van der Waals surface area contributed by atoms with Gasteiger partial charge in [-0.3, -0.25) is 19.2 Å². The molecule has 6 atom stereocenters. The maximum Gasteiger partial charge on any atom is 0.310 e. The van der Waals surface area contributed by atoms with E-state index < -0.39 is 46.0 Å². The maximum atomic E-state index is 15.0. The molecule has 2 spiro atoms. The lowest BCUT2D eigenvalue weighted by Crippen LogP contribution is -2.74. The molecule has 8 nitrogen and oxygen atoms in total. The van der Waals surface area contributed by atoms with Gasteiger partial charge in [0.15, 0.2) is 9.74 Å². The number of ether oxygens (including phenoxy) is 2. The Morgan fingerprint density at radius 2 is 1.09 bits per heavy atom. The molecule has 0 unspecified atom stereocenters. The van der Waals surface area contributed by atoms with Gasteiger partial charge in [-0.1, -0.05) is 85.0 Å². The zero-order valence-electron chi connectivity index (χ0n) is 24.4. The third-order valence-electron chi connectivity index (χ3n) is 9.22. The van der Waals surface area contributed by atoms with Crippen molar-refractivity contribution in [2.45, 2.75) is 59.7 Å². The number of hydrogen-bond donors (Lipinski definition) is 0. The van der Waals surface area contributed by atoms with E-state index >= 15 is 9.59 Å². The fourth-order valence-corrected chi connectivity index (χ4v) is 15.1. The van der Waals surface area contributed by atoms with Crippen molar-refractivity contribution in [3.8, 4) is 0 Å². The van der Waals surface area contributed by atoms with Crippen molar-refractivity contribution in [3.63, 3.8) is 0 Å². The van der Waals surface area contributed by atoms with Crippen LogP contribution in [0.3, 0.4) is 0 Å². The SMILES string of the molecule is O=C(Cc1ccccc1)O[C@H]1C=CC=C2C[C@@]34SSSS[C@]5(CC6=CC=C[C@H](OC(=O)Cc7ccccc7)[C@H]6N5C3=O)C(=O)N4[C@@H]21. The summed E-state index contributed by atoms with van der Waals surface area (Å²) in [6.45, 7) is 0. The molecule has 0 saturated carbocycles. The number of benzene rings is 2. The van der Waals surface area contributed by atoms with Crippen LogP contribution < -0.4 is 0 Å². The highest BCUT2D eigenvalue weighted by atomic mass is 33.7. The van der Waals surface area contributed by atoms with Crippen molar-refractivity contribution in [1.29, 1.82) is 0 Å². The van der Waals surface area contributed by atoms with Crippen molar-refractivity contribution in [2.75, 3.05) is 0 Å². The molecular weight excluding hydrogens is 661 g/mol. The Morgan fingerprint density at radius 3 is 1.50 bits per heavy atom. The van der Waals surface area contributed by atoms with E-state index in [-0.39, 0.29) is 24.7 Å². The average Bonchev–Trinajstić information content (AvgIpc) is 3.58. The molecule has 5 saturated heterocycles. The minimum Gasteiger partial charge on any atom is -0.455 e. The van der Waals surface area contributed by atoms with E-state index in [1.165, 1.54) is 41.2 Å². The van der Waals surface area contributed by atoms with Gasteiger partial charge in [-0.05, 0) is 75.7 Å². The lowest BCUT2D eigenvalue weighted by Gasteiger charge is -2.55. The molecule has 46 heavy (non-hydrogen) atoms. The van der Waals surface area contributed by atoms with Crippen LogP contribution in [0.5, 0.6) is 0 Å². The molecule has 5 heterocycles. The number of carbonyl (C=O) groups is 4. The van der Waals surface area contributed by atoms with E-state index in [2.05, 4.69) is 0 Å². The summed E-state index contributed by atoms with van der Waals surface area (Å²) < 4.78 is 12.1. The summed E-state index contributed by atoms with van der Waals surface area (Å²) in [6.07, 6.45) is 10.6. The number of piperazine rings is 1. The normalized spacial score (nSPS) is 32.0. The predicted octanol–water partition coefficient (Wildman–Crippen LogP) is 5.59. The molecule has 5 aliphatic heterocycles. The third-order valence-corrected chi connectivity index (χ3v) is 16.4. The summed E-state index contributed by atoms with van der Waals surface area (Å²) in [6, 6.07) is 17.6. The van der Waals surface area contributed by atoms with Crippen LogP contribution in [0.4, 0.5) is 0 Å². The van der Waals surface area contributed by atoms with E-state index in [9.17, 15) is 9.59 Å². The summed E-state index contributed by atoms with van der Waals surface area (Å²) in [4.78, 5) is 57.2. The van der Waals surface area contributed by atoms with E-state index in [0.29, 0.717) is 12.8 Å². The molecule has 0 N–H and O–H groups in total. The second-order valence-corrected chi connectivity index (χ2v) is 18.2. The molecule has 0 aromatic heterocycles. The molecule has 2 aliphatic carbocycles. The molecule has 2 aromatic rings. The Labute approximate surface area is 281 Å². The zero-order chi connectivity index (χ0) is 31.5. The Kier molecular flexibility index (Phi) is 7.66. The van der Waals surface area contributed by atoms with Gasteiger partial charge in [0.2, 0.25) is 0 Å². The monoisotopic (exact) mass is 688 g/mol. The van der Waals surface area contributed by atoms with Gasteiger partial charge in [0.25, 0.3) is 11.8 Å². The molecule has 12 heteroatoms. The Balaban J connectivity index is 1.11. The van der Waals surface area contributed by atoms with Crippen LogP contribution in [-0.2, 0) is 41.5 Å². The van der Waals surface area contributed by atoms with E-state index in [1.807, 2.05) is 85.0 Å². The Morgan fingerprint density at radius 1 is 0.674 bits per heavy atom. The number of amides is 2. The van der Waals surface area contributed by atoms with Crippen LogP contribution >= 0.6 is 41.2 Å². The van der Waals surface area contributed by atoms with Gasteiger partial charge in [0, 0.05) is 12.8 Å². The van der Waals surface area contributed by atoms with Crippen LogP contribution in [-0.4, -0.2) is 67.6 Å². The fourth-order valence-electron chi connectivity index (χ4n) is 7.32. The molecule has 5 fully saturated rings. The minimum absolute atomic E-state index is 0.108. The molecule has 2 bridgehead atoms. The first-order valence-electron chi connectivity index (χ1n) is 15.0. The molecule has 0 radical (unpaired) electrons. The van der Waals surface area contributed by atoms with Crippen LogP contribution in [0.25, 0.3) is 0 Å². The quantitative estimate of drug-likeness (QED) is 0.283. The van der Waals surface area contributed by atoms with Gasteiger partial charge >= 0.3 is 11.9 Å². The fraction of sp³-hybridized carbons (Fsp3) is 0.294. The van der Waals surface area contributed by atoms with Crippen LogP contribution in [0, 0.1) is 0 Å². The topological polar surface area (TPSA) is 93.2 Å². The van der Waals surface area contributed by atoms with E-state index in [1.54, 1.807) is 22.0 Å². The lowest BCUT2D eigenvalue weighted by atomic mass is 9.95. The minimum atomic E-state index is -1.24. The number of carbonyl (C=O) groups excluding carboxylic acids is 4. The van der Waals surface area contributed by atoms with Gasteiger partial charge in [-0.15, -0.1) is 0 Å². The van der Waals surface area contributed by atoms with Gasteiger partial charge in [-0.25, -0.2) is 0 Å². The highest BCUT2D eigenvalue weighted by Gasteiger charge is 2.74. The second-order valence-electron chi connectivity index (χ2n) is 12.0. The smallest absolute Gasteiger partial charge is 0.310 e. The molecule has 2 amide bonds. The van der Waals surface area contributed by atoms with Crippen LogP contribution in [0.15, 0.2) is 108 Å². The summed E-state index contributed by atoms with van der Waals surface area (Å²) in [7, 11) is 5.74. The van der Waals surface area contributed by atoms with E-state index in [4.69, 9.17) is 9.47 Å². The standard InChI is InChI=1S/C34H28N2O6S4/c37-27(17-21-9-3-1-4-10-21)41-25-15-7-13-23-19-33-32(40)36-30-24(20-34(36,44-46-45-43-33)31(39)35(33)29(23)25)14-8-16-26(30)42-28(38)18-22-11-5-2-6-12-22/h1-16,25-26,29-30H,17-20H2/t25-,26-,29-,30-,33+,34+/m0/s1. The second kappa shape index (κ2) is 11.7. The first-order valence-corrected chi connectivity index (χ1v) is 19.8. The number of esters is 2. The first-order chi connectivity index (χ1) is 22.4. The highest BCUT2D eigenvalue weighted by molar-refractivity contribution is 9.26. The summed E-state index contributed by atoms with van der Waals surface area (Å²) >= 11 is 0. The number of rotatable bonds is 6. The molecule has 7 aliphatic rings. The summed E-state index contributed by atoms with van der Waals surface area (Å²) in [5.41, 5.74) is 3.44. The van der Waals surface area contributed by atoms with Gasteiger partial charge in [0.1, 0.15) is 12.2 Å². The summed E-state index contributed by atoms with van der Waals surface area (Å²) in [5.74, 6) is -1.16. The van der Waals surface area contributed by atoms with Crippen molar-refractivity contribution in [1.82, 2.24) is 9.80 Å². The highest BCUT2D eigenvalue weighted by Crippen LogP contribution is 2.69. The maximum absolute atomic E-state index is 15.0. The predicted molar refractivity (Wildman–Crippen MR) is 181 cm³/mol. The number of nitrogens with zero attached hydrogens (tertiary/aromatic N) is 2. The number of fused-ring (bicyclic) bond motifs is 5. The average molecular weight is 689 g/mol. The third kappa shape index (κ3) is 4.79. The van der Waals surface area contributed by atoms with Crippen LogP contribution in [0.1, 0.15) is 24.0 Å². The van der Waals surface area contributed by atoms with E-state index in [0.717, 1.165) is 22.3 Å². The number of allylic oxidation sites excluding steroid dienone is 4. The van der Waals surface area contributed by atoms with Crippen LogP contribution in [0.2, 0.25) is 0 Å². The summed E-state index contributed by atoms with van der Waals surface area (Å²) in [5, 5.41) is 0. The van der Waals surface area contributed by atoms with Gasteiger partial charge in [0.05, 0.1) is 24.9 Å². The molecule has 2 aromatic carbocycles. The molecule has 9 rings (SSSR count). The molecule has 234 valence electrons. The van der Waals surface area contributed by atoms with Crippen molar-refractivity contribution < 1.29 is 28.7 Å². The Hall–Kier alpha value is -3.32.